The number of rotatable bonds is 8. The second-order valence-corrected chi connectivity index (χ2v) is 8.48. The highest BCUT2D eigenvalue weighted by atomic mass is 16.5. The fraction of sp³-hybridized carbons (Fsp3) is 0.364. The number of carbonyl (C=O) groups is 2. The van der Waals surface area contributed by atoms with Gasteiger partial charge in [0.25, 0.3) is 0 Å². The molecule has 0 spiro atoms. The fourth-order valence-corrected chi connectivity index (χ4v) is 3.65. The topological polar surface area (TPSA) is 130 Å². The third-order valence-corrected chi connectivity index (χ3v) is 5.21. The van der Waals surface area contributed by atoms with Crippen molar-refractivity contribution in [2.24, 2.45) is 0 Å². The van der Waals surface area contributed by atoms with Crippen molar-refractivity contribution < 1.29 is 29.8 Å². The maximum atomic E-state index is 13.4. The van der Waals surface area contributed by atoms with Crippen LogP contribution in [0.1, 0.15) is 31.8 Å². The zero-order valence-corrected chi connectivity index (χ0v) is 18.2. The van der Waals surface area contributed by atoms with E-state index in [1.807, 2.05) is 24.3 Å². The lowest BCUT2D eigenvalue weighted by Gasteiger charge is -2.34. The van der Waals surface area contributed by atoms with Gasteiger partial charge in [-0.3, -0.25) is 9.59 Å². The second kappa shape index (κ2) is 8.64. The number of nitrogens with two attached hydrogens (primary N) is 1. The van der Waals surface area contributed by atoms with Crippen LogP contribution in [0.4, 0.5) is 11.4 Å². The molecule has 0 fully saturated rings. The van der Waals surface area contributed by atoms with Crippen LogP contribution in [-0.2, 0) is 0 Å². The van der Waals surface area contributed by atoms with E-state index >= 15 is 0 Å². The van der Waals surface area contributed by atoms with Gasteiger partial charge in [0.05, 0.1) is 56.0 Å². The van der Waals surface area contributed by atoms with Crippen LogP contribution in [-0.4, -0.2) is 85.7 Å². The number of carbonyl (C=O) groups excluding carboxylic acids is 2. The number of phenols is 2. The SMILES string of the molecule is CN(C)CC[NH2+]c1ccc(NCC[N+](C)(C)[O-])c2c1C(=O)c1c(O)ccc(O)c1C2=O. The number of hydrogen-bond acceptors (Lipinski definition) is 7. The van der Waals surface area contributed by atoms with Crippen LogP contribution in [0, 0.1) is 5.21 Å². The summed E-state index contributed by atoms with van der Waals surface area (Å²) in [5.74, 6) is -1.76. The monoisotopic (exact) mass is 429 g/mol. The van der Waals surface area contributed by atoms with Crippen molar-refractivity contribution in [1.82, 2.24) is 4.90 Å². The summed E-state index contributed by atoms with van der Waals surface area (Å²) in [5, 5.41) is 37.4. The first-order valence-electron chi connectivity index (χ1n) is 10.1. The van der Waals surface area contributed by atoms with Crippen molar-refractivity contribution >= 4 is 22.9 Å². The minimum Gasteiger partial charge on any atom is -0.633 e. The molecule has 0 amide bonds. The Morgan fingerprint density at radius 3 is 2.10 bits per heavy atom. The lowest BCUT2D eigenvalue weighted by molar-refractivity contribution is -0.838. The van der Waals surface area contributed by atoms with E-state index in [0.717, 1.165) is 6.54 Å². The summed E-state index contributed by atoms with van der Waals surface area (Å²) < 4.78 is -0.504. The predicted octanol–water partition coefficient (Wildman–Crippen LogP) is 0.616. The summed E-state index contributed by atoms with van der Waals surface area (Å²) in [6, 6.07) is 5.86. The first-order chi connectivity index (χ1) is 14.5. The average molecular weight is 429 g/mol. The van der Waals surface area contributed by atoms with Crippen LogP contribution in [0.25, 0.3) is 0 Å². The number of anilines is 1. The second-order valence-electron chi connectivity index (χ2n) is 8.48. The van der Waals surface area contributed by atoms with Crippen molar-refractivity contribution in [2.45, 2.75) is 0 Å². The number of benzene rings is 2. The average Bonchev–Trinajstić information content (AvgIpc) is 2.67. The van der Waals surface area contributed by atoms with Crippen molar-refractivity contribution in [3.63, 3.8) is 0 Å². The van der Waals surface area contributed by atoms with E-state index in [9.17, 15) is 25.0 Å². The molecule has 0 aromatic heterocycles. The zero-order valence-electron chi connectivity index (χ0n) is 18.2. The molecular weight excluding hydrogens is 400 g/mol. The smallest absolute Gasteiger partial charge is 0.204 e. The lowest BCUT2D eigenvalue weighted by Crippen LogP contribution is -2.80. The molecule has 0 radical (unpaired) electrons. The van der Waals surface area contributed by atoms with Gasteiger partial charge in [-0.1, -0.05) is 0 Å². The molecule has 0 atom stereocenters. The van der Waals surface area contributed by atoms with Crippen LogP contribution in [0.2, 0.25) is 0 Å². The maximum absolute atomic E-state index is 13.4. The molecular formula is C22H29N4O5+. The number of aromatic hydroxyl groups is 2. The van der Waals surface area contributed by atoms with Gasteiger partial charge in [-0.05, 0) is 32.3 Å². The Kier molecular flexibility index (Phi) is 6.33. The Bertz CT molecular complexity index is 1030. The normalized spacial score (nSPS) is 13.4. The summed E-state index contributed by atoms with van der Waals surface area (Å²) in [7, 11) is 6.92. The molecule has 1 aliphatic rings. The molecule has 9 heteroatoms. The number of phenolic OH excluding ortho intramolecular Hbond substituents is 2. The minimum absolute atomic E-state index is 0.146. The molecule has 0 unspecified atom stereocenters. The van der Waals surface area contributed by atoms with Gasteiger partial charge in [-0.15, -0.1) is 0 Å². The number of likely N-dealkylation sites (N-methyl/N-ethyl adjacent to an activating group) is 2. The molecule has 9 nitrogen and oxygen atoms in total. The zero-order chi connectivity index (χ0) is 22.9. The van der Waals surface area contributed by atoms with Gasteiger partial charge in [0.1, 0.15) is 17.2 Å². The molecule has 0 saturated heterocycles. The summed E-state index contributed by atoms with van der Waals surface area (Å²) in [6.45, 7) is 1.98. The Morgan fingerprint density at radius 2 is 1.55 bits per heavy atom. The molecule has 0 saturated carbocycles. The number of hydrogen-bond donors (Lipinski definition) is 4. The first-order valence-corrected chi connectivity index (χ1v) is 10.1. The van der Waals surface area contributed by atoms with Crippen LogP contribution >= 0.6 is 0 Å². The predicted molar refractivity (Wildman–Crippen MR) is 117 cm³/mol. The van der Waals surface area contributed by atoms with Crippen LogP contribution < -0.4 is 10.6 Å². The van der Waals surface area contributed by atoms with E-state index in [2.05, 4.69) is 5.32 Å². The van der Waals surface area contributed by atoms with E-state index in [1.165, 1.54) is 26.2 Å². The van der Waals surface area contributed by atoms with Crippen LogP contribution in [0.15, 0.2) is 24.3 Å². The molecule has 3 rings (SSSR count). The molecule has 5 N–H and O–H groups in total. The first kappa shape index (κ1) is 22.7. The van der Waals surface area contributed by atoms with Gasteiger partial charge in [0, 0.05) is 18.3 Å². The molecule has 2 aromatic carbocycles. The van der Waals surface area contributed by atoms with Crippen molar-refractivity contribution in [3.8, 4) is 11.5 Å². The van der Waals surface area contributed by atoms with E-state index in [-0.39, 0.29) is 40.3 Å². The van der Waals surface area contributed by atoms with Gasteiger partial charge in [0.2, 0.25) is 11.6 Å². The molecule has 0 bridgehead atoms. The van der Waals surface area contributed by atoms with Gasteiger partial charge in [0.15, 0.2) is 0 Å². The molecule has 31 heavy (non-hydrogen) atoms. The standard InChI is InChI=1S/C22H28N4O5/c1-25(2)11-9-23-13-5-6-14(24-10-12-26(3,4)31)18-17(13)21(29)19-15(27)7-8-16(28)20(19)22(18)30/h5-8,23-24,27-28H,9-12H2,1-4H3/p+1. The number of ketones is 2. The molecule has 1 aliphatic carbocycles. The fourth-order valence-electron chi connectivity index (χ4n) is 3.65. The highest BCUT2D eigenvalue weighted by molar-refractivity contribution is 6.33. The Labute approximate surface area is 181 Å². The summed E-state index contributed by atoms with van der Waals surface area (Å²) in [6.07, 6.45) is 0. The molecule has 0 heterocycles. The molecule has 0 aliphatic heterocycles. The maximum Gasteiger partial charge on any atom is 0.204 e. The number of hydroxylamine groups is 3. The number of nitrogens with one attached hydrogen (secondary N) is 1. The number of quaternary nitrogens is 2. The third kappa shape index (κ3) is 4.70. The van der Waals surface area contributed by atoms with Gasteiger partial charge >= 0.3 is 0 Å². The minimum atomic E-state index is -0.542. The Balaban J connectivity index is 2.09. The number of nitrogens with zero attached hydrogens (tertiary/aromatic N) is 2. The van der Waals surface area contributed by atoms with Crippen molar-refractivity contribution in [2.75, 3.05) is 59.7 Å². The van der Waals surface area contributed by atoms with Crippen molar-refractivity contribution in [1.29, 1.82) is 0 Å². The summed E-state index contributed by atoms with van der Waals surface area (Å²) >= 11 is 0. The van der Waals surface area contributed by atoms with Crippen LogP contribution in [0.5, 0.6) is 11.5 Å². The van der Waals surface area contributed by atoms with E-state index < -0.39 is 16.2 Å². The highest BCUT2D eigenvalue weighted by Gasteiger charge is 2.39. The van der Waals surface area contributed by atoms with Gasteiger partial charge in [-0.25, -0.2) is 0 Å². The van der Waals surface area contributed by atoms with E-state index in [0.29, 0.717) is 24.5 Å². The quantitative estimate of drug-likeness (QED) is 0.179. The van der Waals surface area contributed by atoms with Crippen LogP contribution in [0.3, 0.4) is 0 Å². The van der Waals surface area contributed by atoms with Gasteiger partial charge < -0.3 is 35.6 Å². The van der Waals surface area contributed by atoms with Crippen molar-refractivity contribution in [3.05, 3.63) is 51.7 Å². The van der Waals surface area contributed by atoms with Gasteiger partial charge in [-0.2, -0.15) is 0 Å². The van der Waals surface area contributed by atoms with E-state index in [1.54, 1.807) is 12.1 Å². The summed E-state index contributed by atoms with van der Waals surface area (Å²) in [4.78, 5) is 28.8. The Hall–Kier alpha value is -2.98. The molecule has 2 aromatic rings. The number of fused-ring (bicyclic) bond motifs is 2. The summed E-state index contributed by atoms with van der Waals surface area (Å²) in [5.41, 5.74) is 0.959. The largest absolute Gasteiger partial charge is 0.633 e. The van der Waals surface area contributed by atoms with E-state index in [4.69, 9.17) is 0 Å². The molecule has 166 valence electrons. The lowest BCUT2D eigenvalue weighted by atomic mass is 9.81. The highest BCUT2D eigenvalue weighted by Crippen LogP contribution is 2.41. The Morgan fingerprint density at radius 1 is 0.968 bits per heavy atom. The third-order valence-electron chi connectivity index (χ3n) is 5.21.